The zero-order chi connectivity index (χ0) is 14.5. The van der Waals surface area contributed by atoms with Crippen molar-refractivity contribution < 1.29 is 13.5 Å². The quantitative estimate of drug-likeness (QED) is 0.903. The van der Waals surface area contributed by atoms with Gasteiger partial charge in [0.1, 0.15) is 17.7 Å². The van der Waals surface area contributed by atoms with Gasteiger partial charge in [0.2, 0.25) is 0 Å². The van der Waals surface area contributed by atoms with Gasteiger partial charge in [-0.2, -0.15) is 0 Å². The van der Waals surface area contributed by atoms with Crippen molar-refractivity contribution in [2.75, 3.05) is 6.61 Å². The van der Waals surface area contributed by atoms with Crippen LogP contribution >= 0.6 is 0 Å². The normalized spacial score (nSPS) is 14.0. The van der Waals surface area contributed by atoms with Gasteiger partial charge in [-0.1, -0.05) is 30.3 Å². The topological polar surface area (TPSA) is 35.2 Å². The molecule has 20 heavy (non-hydrogen) atoms. The van der Waals surface area contributed by atoms with Crippen molar-refractivity contribution in [3.05, 3.63) is 71.3 Å². The molecular weight excluding hydrogens is 260 g/mol. The molecule has 2 nitrogen and oxygen atoms in total. The standard InChI is InChI=1S/C16H17F2NO/c1-2-20-16(11-6-4-3-5-7-11)15(19)12-8-13(17)10-14(18)9-12/h3-10,15-16H,2,19H2,1H3. The molecule has 0 fully saturated rings. The average molecular weight is 277 g/mol. The summed E-state index contributed by atoms with van der Waals surface area (Å²) in [6.07, 6.45) is -0.442. The van der Waals surface area contributed by atoms with Crippen LogP contribution in [0.15, 0.2) is 48.5 Å². The SMILES string of the molecule is CCOC(c1ccccc1)C(N)c1cc(F)cc(F)c1. The molecule has 0 aliphatic carbocycles. The second-order valence-corrected chi connectivity index (χ2v) is 4.52. The van der Waals surface area contributed by atoms with Crippen molar-refractivity contribution in [2.45, 2.75) is 19.1 Å². The van der Waals surface area contributed by atoms with E-state index < -0.39 is 23.8 Å². The molecule has 2 aromatic rings. The van der Waals surface area contributed by atoms with Crippen LogP contribution in [0.2, 0.25) is 0 Å². The van der Waals surface area contributed by atoms with Gasteiger partial charge >= 0.3 is 0 Å². The lowest BCUT2D eigenvalue weighted by Crippen LogP contribution is -2.22. The second-order valence-electron chi connectivity index (χ2n) is 4.52. The predicted octanol–water partition coefficient (Wildman–Crippen LogP) is 3.74. The summed E-state index contributed by atoms with van der Waals surface area (Å²) in [5.41, 5.74) is 7.40. The number of nitrogens with two attached hydrogens (primary N) is 1. The van der Waals surface area contributed by atoms with Gasteiger partial charge < -0.3 is 10.5 Å². The van der Waals surface area contributed by atoms with E-state index in [1.165, 1.54) is 12.1 Å². The van der Waals surface area contributed by atoms with Crippen LogP contribution in [-0.2, 0) is 4.74 Å². The minimum absolute atomic E-state index is 0.379. The van der Waals surface area contributed by atoms with Crippen LogP contribution in [0.1, 0.15) is 30.2 Å². The Morgan fingerprint density at radius 3 is 2.15 bits per heavy atom. The number of benzene rings is 2. The second kappa shape index (κ2) is 6.59. The molecule has 0 heterocycles. The number of hydrogen-bond acceptors (Lipinski definition) is 2. The number of rotatable bonds is 5. The van der Waals surface area contributed by atoms with E-state index in [9.17, 15) is 8.78 Å². The van der Waals surface area contributed by atoms with E-state index >= 15 is 0 Å². The number of hydrogen-bond donors (Lipinski definition) is 1. The van der Waals surface area contributed by atoms with Gasteiger partial charge in [-0.25, -0.2) is 8.78 Å². The largest absolute Gasteiger partial charge is 0.372 e. The minimum atomic E-state index is -0.640. The Kier molecular flexibility index (Phi) is 4.82. The Labute approximate surface area is 117 Å². The van der Waals surface area contributed by atoms with Crippen LogP contribution in [0.3, 0.4) is 0 Å². The molecule has 2 N–H and O–H groups in total. The molecule has 2 unspecified atom stereocenters. The lowest BCUT2D eigenvalue weighted by Gasteiger charge is -2.24. The molecule has 0 spiro atoms. The first-order valence-electron chi connectivity index (χ1n) is 6.50. The predicted molar refractivity (Wildman–Crippen MR) is 74.1 cm³/mol. The maximum Gasteiger partial charge on any atom is 0.126 e. The Morgan fingerprint density at radius 1 is 1.00 bits per heavy atom. The first kappa shape index (κ1) is 14.6. The van der Waals surface area contributed by atoms with Crippen LogP contribution in [0.5, 0.6) is 0 Å². The molecule has 0 saturated carbocycles. The van der Waals surface area contributed by atoms with Gasteiger partial charge in [-0.15, -0.1) is 0 Å². The van der Waals surface area contributed by atoms with Gasteiger partial charge in [0.25, 0.3) is 0 Å². The van der Waals surface area contributed by atoms with E-state index in [4.69, 9.17) is 10.5 Å². The summed E-state index contributed by atoms with van der Waals surface area (Å²) in [6.45, 7) is 2.32. The van der Waals surface area contributed by atoms with E-state index in [2.05, 4.69) is 0 Å². The van der Waals surface area contributed by atoms with Crippen LogP contribution < -0.4 is 5.73 Å². The van der Waals surface area contributed by atoms with Crippen molar-refractivity contribution in [3.8, 4) is 0 Å². The van der Waals surface area contributed by atoms with E-state index in [0.29, 0.717) is 12.2 Å². The third-order valence-electron chi connectivity index (χ3n) is 3.07. The zero-order valence-corrected chi connectivity index (χ0v) is 11.2. The molecular formula is C16H17F2NO. The van der Waals surface area contributed by atoms with E-state index in [1.807, 2.05) is 37.3 Å². The summed E-state index contributed by atoms with van der Waals surface area (Å²) in [6, 6.07) is 12.1. The maximum atomic E-state index is 13.3. The molecule has 0 radical (unpaired) electrons. The summed E-state index contributed by atoms with van der Waals surface area (Å²) < 4.78 is 32.3. The lowest BCUT2D eigenvalue weighted by atomic mass is 9.96. The number of halogens is 2. The average Bonchev–Trinajstić information content (AvgIpc) is 2.44. The van der Waals surface area contributed by atoms with Gasteiger partial charge in [-0.3, -0.25) is 0 Å². The fourth-order valence-corrected chi connectivity index (χ4v) is 2.17. The van der Waals surface area contributed by atoms with Crippen LogP contribution in [0.25, 0.3) is 0 Å². The van der Waals surface area contributed by atoms with Gasteiger partial charge in [-0.05, 0) is 30.2 Å². The van der Waals surface area contributed by atoms with Crippen molar-refractivity contribution >= 4 is 0 Å². The minimum Gasteiger partial charge on any atom is -0.372 e. The molecule has 0 amide bonds. The van der Waals surface area contributed by atoms with E-state index in [1.54, 1.807) is 0 Å². The molecule has 2 rings (SSSR count). The first-order chi connectivity index (χ1) is 9.61. The highest BCUT2D eigenvalue weighted by atomic mass is 19.1. The van der Waals surface area contributed by atoms with Crippen molar-refractivity contribution in [2.24, 2.45) is 5.73 Å². The van der Waals surface area contributed by atoms with E-state index in [0.717, 1.165) is 11.6 Å². The summed E-state index contributed by atoms with van der Waals surface area (Å²) in [7, 11) is 0. The molecule has 0 aliphatic rings. The molecule has 2 aromatic carbocycles. The molecule has 0 bridgehead atoms. The van der Waals surface area contributed by atoms with Crippen molar-refractivity contribution in [1.82, 2.24) is 0 Å². The molecule has 4 heteroatoms. The smallest absolute Gasteiger partial charge is 0.126 e. The highest BCUT2D eigenvalue weighted by Gasteiger charge is 2.22. The maximum absolute atomic E-state index is 13.3. The van der Waals surface area contributed by atoms with Gasteiger partial charge in [0.15, 0.2) is 0 Å². The highest BCUT2D eigenvalue weighted by molar-refractivity contribution is 5.27. The molecule has 0 aliphatic heterocycles. The monoisotopic (exact) mass is 277 g/mol. The van der Waals surface area contributed by atoms with Gasteiger partial charge in [0.05, 0.1) is 6.04 Å². The first-order valence-corrected chi connectivity index (χ1v) is 6.50. The fraction of sp³-hybridized carbons (Fsp3) is 0.250. The fourth-order valence-electron chi connectivity index (χ4n) is 2.17. The van der Waals surface area contributed by atoms with Crippen LogP contribution in [0, 0.1) is 11.6 Å². The molecule has 0 saturated heterocycles. The summed E-state index contributed by atoms with van der Waals surface area (Å²) in [5.74, 6) is -1.28. The molecule has 106 valence electrons. The van der Waals surface area contributed by atoms with E-state index in [-0.39, 0.29) is 0 Å². The summed E-state index contributed by atoms with van der Waals surface area (Å²) in [5, 5.41) is 0. The van der Waals surface area contributed by atoms with Crippen LogP contribution in [0.4, 0.5) is 8.78 Å². The third-order valence-corrected chi connectivity index (χ3v) is 3.07. The molecule has 2 atom stereocenters. The summed E-state index contributed by atoms with van der Waals surface area (Å²) >= 11 is 0. The Morgan fingerprint density at radius 2 is 1.60 bits per heavy atom. The van der Waals surface area contributed by atoms with Gasteiger partial charge in [0, 0.05) is 12.7 Å². The van der Waals surface area contributed by atoms with Crippen LogP contribution in [-0.4, -0.2) is 6.61 Å². The Balaban J connectivity index is 2.33. The summed E-state index contributed by atoms with van der Waals surface area (Å²) in [4.78, 5) is 0. The Hall–Kier alpha value is -1.78. The van der Waals surface area contributed by atoms with Crippen molar-refractivity contribution in [1.29, 1.82) is 0 Å². The third kappa shape index (κ3) is 3.40. The molecule has 0 aromatic heterocycles. The van der Waals surface area contributed by atoms with Crippen molar-refractivity contribution in [3.63, 3.8) is 0 Å². The highest BCUT2D eigenvalue weighted by Crippen LogP contribution is 2.30. The number of ether oxygens (including phenoxy) is 1. The lowest BCUT2D eigenvalue weighted by molar-refractivity contribution is 0.0428. The zero-order valence-electron chi connectivity index (χ0n) is 11.2. The Bertz CT molecular complexity index is 539.